The van der Waals surface area contributed by atoms with Crippen LogP contribution >= 0.6 is 24.6 Å². The molecule has 1 saturated carbocycles. The van der Waals surface area contributed by atoms with Gasteiger partial charge in [0, 0.05) is 0 Å². The van der Waals surface area contributed by atoms with Crippen molar-refractivity contribution >= 4 is 29.7 Å². The fourth-order valence-electron chi connectivity index (χ4n) is 0.910. The van der Waals surface area contributed by atoms with Crippen LogP contribution in [0.3, 0.4) is 0 Å². The second kappa shape index (κ2) is 3.74. The molecule has 0 aliphatic heterocycles. The van der Waals surface area contributed by atoms with E-state index in [9.17, 15) is 0 Å². The van der Waals surface area contributed by atoms with Crippen LogP contribution in [0.1, 0.15) is 19.3 Å². The molecule has 0 heterocycles. The lowest BCUT2D eigenvalue weighted by molar-refractivity contribution is 0.618. The lowest BCUT2D eigenvalue weighted by Crippen LogP contribution is -2.39. The van der Waals surface area contributed by atoms with Crippen molar-refractivity contribution in [1.82, 2.24) is 5.32 Å². The quantitative estimate of drug-likeness (QED) is 0.631. The van der Waals surface area contributed by atoms with E-state index in [1.54, 1.807) is 0 Å². The van der Waals surface area contributed by atoms with Crippen molar-refractivity contribution in [2.45, 2.75) is 24.8 Å². The van der Waals surface area contributed by atoms with Gasteiger partial charge in [0.05, 0.1) is 18.0 Å². The Kier molecular flexibility index (Phi) is 3.56. The SMILES string of the molecule is Cl.N#CCC1(NC(N)=S)CC1. The molecular weight excluding hydrogens is 182 g/mol. The van der Waals surface area contributed by atoms with Gasteiger partial charge in [-0.15, -0.1) is 12.4 Å². The molecule has 0 aromatic rings. The lowest BCUT2D eigenvalue weighted by Gasteiger charge is -2.12. The predicted octanol–water partition coefficient (Wildman–Crippen LogP) is 0.688. The largest absolute Gasteiger partial charge is 0.376 e. The zero-order chi connectivity index (χ0) is 7.61. The summed E-state index contributed by atoms with van der Waals surface area (Å²) in [7, 11) is 0. The Labute approximate surface area is 77.4 Å². The monoisotopic (exact) mass is 191 g/mol. The summed E-state index contributed by atoms with van der Waals surface area (Å²) < 4.78 is 0. The van der Waals surface area contributed by atoms with E-state index in [0.29, 0.717) is 11.5 Å². The zero-order valence-electron chi connectivity index (χ0n) is 5.96. The second-order valence-electron chi connectivity index (χ2n) is 2.60. The Hall–Kier alpha value is -0.530. The molecule has 1 fully saturated rings. The normalized spacial score (nSPS) is 17.4. The smallest absolute Gasteiger partial charge is 0.164 e. The van der Waals surface area contributed by atoms with E-state index in [0.717, 1.165) is 12.8 Å². The van der Waals surface area contributed by atoms with Gasteiger partial charge in [-0.2, -0.15) is 5.26 Å². The maximum atomic E-state index is 8.38. The average molecular weight is 192 g/mol. The minimum Gasteiger partial charge on any atom is -0.376 e. The van der Waals surface area contributed by atoms with Crippen LogP contribution in [0.5, 0.6) is 0 Å². The van der Waals surface area contributed by atoms with Crippen LogP contribution in [0.4, 0.5) is 0 Å². The van der Waals surface area contributed by atoms with E-state index in [1.165, 1.54) is 0 Å². The molecule has 1 rings (SSSR count). The summed E-state index contributed by atoms with van der Waals surface area (Å²) in [5.41, 5.74) is 5.20. The highest BCUT2D eigenvalue weighted by molar-refractivity contribution is 7.80. The minimum atomic E-state index is -0.0550. The molecule has 0 aromatic carbocycles. The van der Waals surface area contributed by atoms with E-state index in [2.05, 4.69) is 23.6 Å². The summed E-state index contributed by atoms with van der Waals surface area (Å²) >= 11 is 4.66. The van der Waals surface area contributed by atoms with Gasteiger partial charge in [-0.1, -0.05) is 0 Å². The highest BCUT2D eigenvalue weighted by Gasteiger charge is 2.42. The summed E-state index contributed by atoms with van der Waals surface area (Å²) in [5, 5.41) is 11.6. The number of halogens is 1. The second-order valence-corrected chi connectivity index (χ2v) is 3.04. The third kappa shape index (κ3) is 2.91. The Morgan fingerprint density at radius 1 is 1.73 bits per heavy atom. The molecule has 1 aliphatic carbocycles. The maximum Gasteiger partial charge on any atom is 0.164 e. The molecule has 1 aliphatic rings. The van der Waals surface area contributed by atoms with Crippen LogP contribution in [-0.2, 0) is 0 Å². The number of hydrogen-bond donors (Lipinski definition) is 2. The molecule has 62 valence electrons. The van der Waals surface area contributed by atoms with Crippen LogP contribution in [0, 0.1) is 11.3 Å². The average Bonchev–Trinajstić information content (AvgIpc) is 2.47. The lowest BCUT2D eigenvalue weighted by atomic mass is 10.2. The maximum absolute atomic E-state index is 8.38. The first-order valence-corrected chi connectivity index (χ1v) is 3.54. The van der Waals surface area contributed by atoms with Gasteiger partial charge in [0.15, 0.2) is 5.11 Å². The molecule has 3 N–H and O–H groups in total. The first-order valence-electron chi connectivity index (χ1n) is 3.13. The first kappa shape index (κ1) is 10.5. The molecule has 11 heavy (non-hydrogen) atoms. The van der Waals surface area contributed by atoms with E-state index < -0.39 is 0 Å². The molecule has 0 atom stereocenters. The van der Waals surface area contributed by atoms with Crippen molar-refractivity contribution < 1.29 is 0 Å². The van der Waals surface area contributed by atoms with Crippen molar-refractivity contribution in [2.24, 2.45) is 5.73 Å². The van der Waals surface area contributed by atoms with Gasteiger partial charge in [0.2, 0.25) is 0 Å². The van der Waals surface area contributed by atoms with Gasteiger partial charge in [0.1, 0.15) is 0 Å². The van der Waals surface area contributed by atoms with Crippen molar-refractivity contribution in [3.8, 4) is 6.07 Å². The number of nitrogens with one attached hydrogen (secondary N) is 1. The number of thiocarbonyl (C=S) groups is 1. The Morgan fingerprint density at radius 2 is 2.27 bits per heavy atom. The van der Waals surface area contributed by atoms with Gasteiger partial charge in [-0.25, -0.2) is 0 Å². The van der Waals surface area contributed by atoms with Gasteiger partial charge < -0.3 is 11.1 Å². The third-order valence-electron chi connectivity index (χ3n) is 1.66. The minimum absolute atomic E-state index is 0. The molecule has 0 radical (unpaired) electrons. The van der Waals surface area contributed by atoms with E-state index in [4.69, 9.17) is 11.0 Å². The molecule has 0 saturated heterocycles. The number of nitrogens with zero attached hydrogens (tertiary/aromatic N) is 1. The Balaban J connectivity index is 0.000001000. The van der Waals surface area contributed by atoms with Gasteiger partial charge in [0.25, 0.3) is 0 Å². The number of nitriles is 1. The fourth-order valence-corrected chi connectivity index (χ4v) is 1.13. The van der Waals surface area contributed by atoms with Gasteiger partial charge in [-0.3, -0.25) is 0 Å². The molecule has 0 spiro atoms. The summed E-state index contributed by atoms with van der Waals surface area (Å²) in [6, 6.07) is 2.10. The van der Waals surface area contributed by atoms with Crippen molar-refractivity contribution in [3.05, 3.63) is 0 Å². The van der Waals surface area contributed by atoms with Crippen LogP contribution in [0.2, 0.25) is 0 Å². The molecule has 0 aromatic heterocycles. The molecule has 0 amide bonds. The summed E-state index contributed by atoms with van der Waals surface area (Å²) in [6.07, 6.45) is 2.53. The van der Waals surface area contributed by atoms with Crippen LogP contribution < -0.4 is 11.1 Å². The van der Waals surface area contributed by atoms with E-state index in [1.807, 2.05) is 0 Å². The van der Waals surface area contributed by atoms with Crippen molar-refractivity contribution in [3.63, 3.8) is 0 Å². The molecule has 0 bridgehead atoms. The van der Waals surface area contributed by atoms with Crippen LogP contribution in [-0.4, -0.2) is 10.7 Å². The van der Waals surface area contributed by atoms with Gasteiger partial charge in [-0.05, 0) is 25.1 Å². The third-order valence-corrected chi connectivity index (χ3v) is 1.76. The van der Waals surface area contributed by atoms with E-state index in [-0.39, 0.29) is 17.9 Å². The molecule has 3 nitrogen and oxygen atoms in total. The van der Waals surface area contributed by atoms with Crippen LogP contribution in [0.15, 0.2) is 0 Å². The zero-order valence-corrected chi connectivity index (χ0v) is 7.60. The number of hydrogen-bond acceptors (Lipinski definition) is 2. The molecule has 0 unspecified atom stereocenters. The summed E-state index contributed by atoms with van der Waals surface area (Å²) in [6.45, 7) is 0. The summed E-state index contributed by atoms with van der Waals surface area (Å²) in [4.78, 5) is 0. The van der Waals surface area contributed by atoms with Crippen molar-refractivity contribution in [1.29, 1.82) is 5.26 Å². The standard InChI is InChI=1S/C6H9N3S.ClH/c7-4-3-6(1-2-6)9-5(8)10;/h1-3H2,(H3,8,9,10);1H. The van der Waals surface area contributed by atoms with E-state index >= 15 is 0 Å². The highest BCUT2D eigenvalue weighted by Crippen LogP contribution is 2.37. The Bertz CT molecular complexity index is 194. The van der Waals surface area contributed by atoms with Crippen molar-refractivity contribution in [2.75, 3.05) is 0 Å². The van der Waals surface area contributed by atoms with Crippen LogP contribution in [0.25, 0.3) is 0 Å². The highest BCUT2D eigenvalue weighted by atomic mass is 35.5. The Morgan fingerprint density at radius 3 is 2.55 bits per heavy atom. The number of rotatable bonds is 2. The summed E-state index contributed by atoms with van der Waals surface area (Å²) in [5.74, 6) is 0. The first-order chi connectivity index (χ1) is 4.68. The fraction of sp³-hybridized carbons (Fsp3) is 0.667. The molecular formula is C6H10ClN3S. The van der Waals surface area contributed by atoms with Gasteiger partial charge >= 0.3 is 0 Å². The molecule has 5 heteroatoms. The predicted molar refractivity (Wildman–Crippen MR) is 49.4 cm³/mol. The topological polar surface area (TPSA) is 61.8 Å². The number of nitrogens with two attached hydrogens (primary N) is 1.